The first-order valence-corrected chi connectivity index (χ1v) is 8.01. The van der Waals surface area contributed by atoms with Crippen molar-refractivity contribution in [1.29, 1.82) is 5.26 Å². The lowest BCUT2D eigenvalue weighted by Crippen LogP contribution is -2.26. The van der Waals surface area contributed by atoms with Crippen LogP contribution in [0, 0.1) is 18.3 Å². The molecule has 0 spiro atoms. The molecule has 0 atom stereocenters. The van der Waals surface area contributed by atoms with Crippen molar-refractivity contribution in [2.75, 3.05) is 13.7 Å². The first-order valence-electron chi connectivity index (χ1n) is 8.01. The van der Waals surface area contributed by atoms with Gasteiger partial charge in [-0.05, 0) is 42.7 Å². The maximum absolute atomic E-state index is 12.2. The van der Waals surface area contributed by atoms with E-state index >= 15 is 0 Å². The molecule has 0 saturated heterocycles. The highest BCUT2D eigenvalue weighted by atomic mass is 16.5. The quantitative estimate of drug-likeness (QED) is 0.731. The van der Waals surface area contributed by atoms with Crippen LogP contribution >= 0.6 is 0 Å². The van der Waals surface area contributed by atoms with Crippen molar-refractivity contribution < 1.29 is 9.53 Å². The molecule has 0 unspecified atom stereocenters. The van der Waals surface area contributed by atoms with Crippen LogP contribution in [0.4, 0.5) is 0 Å². The lowest BCUT2D eigenvalue weighted by atomic mass is 10.1. The second-order valence-electron chi connectivity index (χ2n) is 5.78. The molecular weight excluding hydrogens is 300 g/mol. The van der Waals surface area contributed by atoms with E-state index in [-0.39, 0.29) is 5.91 Å². The molecule has 4 heteroatoms. The minimum atomic E-state index is 0.0905. The van der Waals surface area contributed by atoms with E-state index in [4.69, 9.17) is 10.00 Å². The average molecular weight is 322 g/mol. The molecule has 2 aromatic carbocycles. The van der Waals surface area contributed by atoms with Crippen molar-refractivity contribution in [1.82, 2.24) is 4.90 Å². The van der Waals surface area contributed by atoms with Crippen molar-refractivity contribution in [2.45, 2.75) is 26.3 Å². The predicted octanol–water partition coefficient (Wildman–Crippen LogP) is 3.68. The fourth-order valence-corrected chi connectivity index (χ4v) is 2.36. The summed E-state index contributed by atoms with van der Waals surface area (Å²) in [6.07, 6.45) is 1.14. The van der Waals surface area contributed by atoms with Crippen LogP contribution in [-0.4, -0.2) is 24.5 Å². The van der Waals surface area contributed by atoms with Gasteiger partial charge in [0.25, 0.3) is 0 Å². The molecule has 4 nitrogen and oxygen atoms in total. The van der Waals surface area contributed by atoms with Gasteiger partial charge in [0.15, 0.2) is 0 Å². The third-order valence-electron chi connectivity index (χ3n) is 3.81. The number of para-hydroxylation sites is 1. The Balaban J connectivity index is 1.73. The van der Waals surface area contributed by atoms with Crippen molar-refractivity contribution in [3.8, 4) is 11.8 Å². The summed E-state index contributed by atoms with van der Waals surface area (Å²) in [5.41, 5.74) is 2.74. The fraction of sp³-hybridized carbons (Fsp3) is 0.300. The third kappa shape index (κ3) is 5.13. The van der Waals surface area contributed by atoms with E-state index in [1.54, 1.807) is 24.1 Å². The number of aryl methyl sites for hydroxylation is 1. The molecule has 0 aliphatic carbocycles. The van der Waals surface area contributed by atoms with E-state index in [0.717, 1.165) is 16.9 Å². The number of nitriles is 1. The number of nitrogens with zero attached hydrogens (tertiary/aromatic N) is 2. The van der Waals surface area contributed by atoms with Gasteiger partial charge in [0, 0.05) is 20.0 Å². The van der Waals surface area contributed by atoms with Crippen LogP contribution in [0.1, 0.15) is 29.5 Å². The molecule has 2 aromatic rings. The summed E-state index contributed by atoms with van der Waals surface area (Å²) in [6.45, 7) is 3.08. The zero-order valence-corrected chi connectivity index (χ0v) is 14.2. The molecule has 0 radical (unpaired) electrons. The first-order chi connectivity index (χ1) is 11.6. The summed E-state index contributed by atoms with van der Waals surface area (Å²) in [4.78, 5) is 13.9. The van der Waals surface area contributed by atoms with Gasteiger partial charge < -0.3 is 9.64 Å². The summed E-state index contributed by atoms with van der Waals surface area (Å²) in [5.74, 6) is 0.962. The van der Waals surface area contributed by atoms with Gasteiger partial charge >= 0.3 is 0 Å². The molecule has 2 rings (SSSR count). The first kappa shape index (κ1) is 17.6. The van der Waals surface area contributed by atoms with Crippen LogP contribution in [0.3, 0.4) is 0 Å². The molecule has 0 fully saturated rings. The van der Waals surface area contributed by atoms with Crippen molar-refractivity contribution in [3.63, 3.8) is 0 Å². The van der Waals surface area contributed by atoms with Gasteiger partial charge in [0.1, 0.15) is 5.75 Å². The molecule has 0 N–H and O–H groups in total. The number of amides is 1. The Hall–Kier alpha value is -2.80. The highest BCUT2D eigenvalue weighted by Crippen LogP contribution is 2.16. The highest BCUT2D eigenvalue weighted by Gasteiger charge is 2.09. The Bertz CT molecular complexity index is 717. The van der Waals surface area contributed by atoms with Crippen molar-refractivity contribution in [3.05, 3.63) is 65.2 Å². The standard InChI is InChI=1S/C20H22N2O2/c1-16-6-3-4-7-19(16)24-13-5-8-20(23)22(2)15-18-11-9-17(14-21)10-12-18/h3-4,6-7,9-12H,5,8,13,15H2,1-2H3. The Morgan fingerprint density at radius 1 is 1.17 bits per heavy atom. The molecule has 0 aliphatic heterocycles. The number of hydrogen-bond acceptors (Lipinski definition) is 3. The number of rotatable bonds is 7. The second kappa shape index (κ2) is 8.73. The zero-order valence-electron chi connectivity index (χ0n) is 14.2. The number of ether oxygens (including phenoxy) is 1. The third-order valence-corrected chi connectivity index (χ3v) is 3.81. The molecule has 124 valence electrons. The largest absolute Gasteiger partial charge is 0.493 e. The highest BCUT2D eigenvalue weighted by molar-refractivity contribution is 5.75. The molecule has 0 bridgehead atoms. The molecule has 0 aliphatic rings. The van der Waals surface area contributed by atoms with Crippen LogP contribution in [0.15, 0.2) is 48.5 Å². The van der Waals surface area contributed by atoms with Gasteiger partial charge in [-0.2, -0.15) is 5.26 Å². The smallest absolute Gasteiger partial charge is 0.222 e. The van der Waals surface area contributed by atoms with E-state index in [1.807, 2.05) is 43.3 Å². The average Bonchev–Trinajstić information content (AvgIpc) is 2.60. The zero-order chi connectivity index (χ0) is 17.4. The van der Waals surface area contributed by atoms with Crippen LogP contribution in [0.25, 0.3) is 0 Å². The van der Waals surface area contributed by atoms with Crippen LogP contribution in [-0.2, 0) is 11.3 Å². The minimum Gasteiger partial charge on any atom is -0.493 e. The molecule has 0 aromatic heterocycles. The van der Waals surface area contributed by atoms with Crippen molar-refractivity contribution >= 4 is 5.91 Å². The van der Waals surface area contributed by atoms with Gasteiger partial charge in [-0.15, -0.1) is 0 Å². The second-order valence-corrected chi connectivity index (χ2v) is 5.78. The predicted molar refractivity (Wildman–Crippen MR) is 93.5 cm³/mol. The number of hydrogen-bond donors (Lipinski definition) is 0. The Labute approximate surface area is 143 Å². The van der Waals surface area contributed by atoms with Crippen LogP contribution in [0.5, 0.6) is 5.75 Å². The van der Waals surface area contributed by atoms with Gasteiger partial charge in [0.2, 0.25) is 5.91 Å². The minimum absolute atomic E-state index is 0.0905. The summed E-state index contributed by atoms with van der Waals surface area (Å²) < 4.78 is 5.71. The fourth-order valence-electron chi connectivity index (χ4n) is 2.36. The molecular formula is C20H22N2O2. The monoisotopic (exact) mass is 322 g/mol. The topological polar surface area (TPSA) is 53.3 Å². The maximum atomic E-state index is 12.2. The van der Waals surface area contributed by atoms with Crippen LogP contribution in [0.2, 0.25) is 0 Å². The molecule has 24 heavy (non-hydrogen) atoms. The lowest BCUT2D eigenvalue weighted by molar-refractivity contribution is -0.130. The number of benzene rings is 2. The van der Waals surface area contributed by atoms with Gasteiger partial charge in [-0.25, -0.2) is 0 Å². The molecule has 0 saturated carbocycles. The maximum Gasteiger partial charge on any atom is 0.222 e. The summed E-state index contributed by atoms with van der Waals surface area (Å²) in [7, 11) is 1.79. The number of carbonyl (C=O) groups is 1. The van der Waals surface area contributed by atoms with E-state index in [0.29, 0.717) is 31.6 Å². The summed E-state index contributed by atoms with van der Waals surface area (Å²) >= 11 is 0. The molecule has 1 amide bonds. The van der Waals surface area contributed by atoms with Gasteiger partial charge in [0.05, 0.1) is 18.2 Å². The van der Waals surface area contributed by atoms with Crippen molar-refractivity contribution in [2.24, 2.45) is 0 Å². The summed E-state index contributed by atoms with van der Waals surface area (Å²) in [5, 5.41) is 8.79. The number of carbonyl (C=O) groups excluding carboxylic acids is 1. The molecule has 0 heterocycles. The Morgan fingerprint density at radius 3 is 2.54 bits per heavy atom. The van der Waals surface area contributed by atoms with E-state index in [2.05, 4.69) is 6.07 Å². The van der Waals surface area contributed by atoms with E-state index in [9.17, 15) is 4.79 Å². The van der Waals surface area contributed by atoms with Gasteiger partial charge in [-0.1, -0.05) is 30.3 Å². The SMILES string of the molecule is Cc1ccccc1OCCCC(=O)N(C)Cc1ccc(C#N)cc1. The normalized spacial score (nSPS) is 10.0. The Morgan fingerprint density at radius 2 is 1.88 bits per heavy atom. The van der Waals surface area contributed by atoms with Crippen LogP contribution < -0.4 is 4.74 Å². The van der Waals surface area contributed by atoms with Gasteiger partial charge in [-0.3, -0.25) is 4.79 Å². The van der Waals surface area contributed by atoms with E-state index in [1.165, 1.54) is 0 Å². The lowest BCUT2D eigenvalue weighted by Gasteiger charge is -2.17. The summed E-state index contributed by atoms with van der Waals surface area (Å²) in [6, 6.07) is 17.2. The van der Waals surface area contributed by atoms with E-state index < -0.39 is 0 Å². The Kier molecular flexibility index (Phi) is 6.39.